The van der Waals surface area contributed by atoms with Crippen molar-refractivity contribution in [3.8, 4) is 0 Å². The standard InChI is InChI=1S/C21H16ClNOS/c22-16-7-5-14(6-8-16)21(24)11-18(15-9-10-25-13-15)19-12-23-20-4-2-1-3-17(19)20/h1-10,12-13,18,23H,11H2. The van der Waals surface area contributed by atoms with Gasteiger partial charge in [0.2, 0.25) is 0 Å². The van der Waals surface area contributed by atoms with E-state index in [-0.39, 0.29) is 11.7 Å². The second kappa shape index (κ2) is 6.87. The molecule has 4 rings (SSSR count). The minimum absolute atomic E-state index is 0.0329. The average Bonchev–Trinajstić information content (AvgIpc) is 3.30. The molecule has 0 bridgehead atoms. The lowest BCUT2D eigenvalue weighted by atomic mass is 9.87. The van der Waals surface area contributed by atoms with Gasteiger partial charge in [-0.15, -0.1) is 0 Å². The molecule has 0 amide bonds. The fourth-order valence-corrected chi connectivity index (χ4v) is 4.04. The number of halogens is 1. The van der Waals surface area contributed by atoms with Crippen molar-refractivity contribution in [2.45, 2.75) is 12.3 Å². The van der Waals surface area contributed by atoms with Crippen LogP contribution in [0.1, 0.15) is 33.8 Å². The van der Waals surface area contributed by atoms with E-state index in [9.17, 15) is 4.79 Å². The monoisotopic (exact) mass is 365 g/mol. The van der Waals surface area contributed by atoms with Crippen molar-refractivity contribution in [1.29, 1.82) is 0 Å². The molecule has 0 saturated carbocycles. The summed E-state index contributed by atoms with van der Waals surface area (Å²) >= 11 is 7.59. The molecule has 0 aliphatic rings. The SMILES string of the molecule is O=C(CC(c1ccsc1)c1c[nH]c2ccccc12)c1ccc(Cl)cc1. The van der Waals surface area contributed by atoms with Crippen LogP contribution in [0.4, 0.5) is 0 Å². The van der Waals surface area contributed by atoms with E-state index in [1.165, 1.54) is 10.9 Å². The minimum Gasteiger partial charge on any atom is -0.361 e. The van der Waals surface area contributed by atoms with E-state index in [1.54, 1.807) is 35.6 Å². The molecule has 0 fully saturated rings. The molecule has 0 radical (unpaired) electrons. The van der Waals surface area contributed by atoms with E-state index in [0.29, 0.717) is 17.0 Å². The number of carbonyl (C=O) groups excluding carboxylic acids is 1. The number of fused-ring (bicyclic) bond motifs is 1. The van der Waals surface area contributed by atoms with Gasteiger partial charge in [-0.2, -0.15) is 11.3 Å². The molecule has 124 valence electrons. The van der Waals surface area contributed by atoms with Gasteiger partial charge in [0.25, 0.3) is 0 Å². The van der Waals surface area contributed by atoms with Gasteiger partial charge in [-0.1, -0.05) is 29.8 Å². The predicted octanol–water partition coefficient (Wildman–Crippen LogP) is 6.29. The maximum Gasteiger partial charge on any atom is 0.163 e. The van der Waals surface area contributed by atoms with Crippen molar-refractivity contribution >= 4 is 39.6 Å². The molecule has 2 nitrogen and oxygen atoms in total. The van der Waals surface area contributed by atoms with Crippen LogP contribution < -0.4 is 0 Å². The third-order valence-corrected chi connectivity index (χ3v) is 5.45. The number of aromatic nitrogens is 1. The molecular weight excluding hydrogens is 350 g/mol. The number of para-hydroxylation sites is 1. The normalized spacial score (nSPS) is 12.4. The average molecular weight is 366 g/mol. The Labute approximate surface area is 155 Å². The Hall–Kier alpha value is -2.36. The second-order valence-electron chi connectivity index (χ2n) is 6.03. The summed E-state index contributed by atoms with van der Waals surface area (Å²) in [6.45, 7) is 0. The number of Topliss-reactive ketones (excluding diaryl/α,β-unsaturated/α-hetero) is 1. The third-order valence-electron chi connectivity index (χ3n) is 4.50. The number of hydrogen-bond donors (Lipinski definition) is 1. The van der Waals surface area contributed by atoms with Crippen LogP contribution in [-0.4, -0.2) is 10.8 Å². The molecule has 1 unspecified atom stereocenters. The van der Waals surface area contributed by atoms with Gasteiger partial charge in [0.15, 0.2) is 5.78 Å². The zero-order valence-corrected chi connectivity index (χ0v) is 15.0. The van der Waals surface area contributed by atoms with Crippen molar-refractivity contribution in [2.75, 3.05) is 0 Å². The summed E-state index contributed by atoms with van der Waals surface area (Å²) in [5.41, 5.74) is 4.13. The zero-order valence-electron chi connectivity index (χ0n) is 13.4. The maximum atomic E-state index is 12.8. The number of benzene rings is 2. The van der Waals surface area contributed by atoms with E-state index in [4.69, 9.17) is 11.6 Å². The van der Waals surface area contributed by atoms with Crippen LogP contribution in [0.15, 0.2) is 71.6 Å². The topological polar surface area (TPSA) is 32.9 Å². The Morgan fingerprint density at radius 2 is 1.88 bits per heavy atom. The second-order valence-corrected chi connectivity index (χ2v) is 7.25. The van der Waals surface area contributed by atoms with E-state index in [1.807, 2.05) is 18.3 Å². The number of H-pyrrole nitrogens is 1. The van der Waals surface area contributed by atoms with Crippen LogP contribution in [0.2, 0.25) is 5.02 Å². The Morgan fingerprint density at radius 1 is 1.08 bits per heavy atom. The summed E-state index contributed by atoms with van der Waals surface area (Å²) in [5.74, 6) is 0.156. The lowest BCUT2D eigenvalue weighted by Crippen LogP contribution is -2.08. The number of aromatic amines is 1. The lowest BCUT2D eigenvalue weighted by Gasteiger charge is -2.15. The maximum absolute atomic E-state index is 12.8. The molecule has 2 heterocycles. The molecule has 1 N–H and O–H groups in total. The quantitative estimate of drug-likeness (QED) is 0.414. The van der Waals surface area contributed by atoms with Crippen LogP contribution in [0, 0.1) is 0 Å². The van der Waals surface area contributed by atoms with Crippen molar-refractivity contribution in [1.82, 2.24) is 4.98 Å². The van der Waals surface area contributed by atoms with Crippen molar-refractivity contribution in [2.24, 2.45) is 0 Å². The first-order valence-electron chi connectivity index (χ1n) is 8.09. The van der Waals surface area contributed by atoms with Crippen LogP contribution in [0.25, 0.3) is 10.9 Å². The predicted molar refractivity (Wildman–Crippen MR) is 105 cm³/mol. The highest BCUT2D eigenvalue weighted by Gasteiger charge is 2.22. The van der Waals surface area contributed by atoms with Crippen molar-refractivity contribution in [3.05, 3.63) is 93.3 Å². The number of ketones is 1. The van der Waals surface area contributed by atoms with Gasteiger partial charge < -0.3 is 4.98 Å². The molecule has 25 heavy (non-hydrogen) atoms. The van der Waals surface area contributed by atoms with E-state index in [0.717, 1.165) is 11.1 Å². The first-order valence-corrected chi connectivity index (χ1v) is 9.41. The number of hydrogen-bond acceptors (Lipinski definition) is 2. The van der Waals surface area contributed by atoms with Crippen LogP contribution in [0.3, 0.4) is 0 Å². The van der Waals surface area contributed by atoms with Crippen LogP contribution in [0.5, 0.6) is 0 Å². The highest BCUT2D eigenvalue weighted by molar-refractivity contribution is 7.08. The summed E-state index contributed by atoms with van der Waals surface area (Å²) in [4.78, 5) is 16.2. The molecule has 0 spiro atoms. The fraction of sp³-hybridized carbons (Fsp3) is 0.0952. The van der Waals surface area contributed by atoms with Gasteiger partial charge in [0.05, 0.1) is 0 Å². The Balaban J connectivity index is 1.72. The smallest absolute Gasteiger partial charge is 0.163 e. The minimum atomic E-state index is 0.0329. The summed E-state index contributed by atoms with van der Waals surface area (Å²) in [7, 11) is 0. The Morgan fingerprint density at radius 3 is 2.64 bits per heavy atom. The van der Waals surface area contributed by atoms with E-state index in [2.05, 4.69) is 33.9 Å². The number of thiophene rings is 1. The van der Waals surface area contributed by atoms with Crippen molar-refractivity contribution < 1.29 is 4.79 Å². The highest BCUT2D eigenvalue weighted by atomic mass is 35.5. The fourth-order valence-electron chi connectivity index (χ4n) is 3.20. The summed E-state index contributed by atoms with van der Waals surface area (Å²) in [6.07, 6.45) is 2.46. The molecule has 4 heteroatoms. The molecule has 4 aromatic rings. The first kappa shape index (κ1) is 16.1. The highest BCUT2D eigenvalue weighted by Crippen LogP contribution is 2.35. The van der Waals surface area contributed by atoms with Gasteiger partial charge in [-0.05, 0) is 58.3 Å². The zero-order chi connectivity index (χ0) is 17.2. The first-order chi connectivity index (χ1) is 12.2. The number of nitrogens with one attached hydrogen (secondary N) is 1. The van der Waals surface area contributed by atoms with Crippen LogP contribution >= 0.6 is 22.9 Å². The van der Waals surface area contributed by atoms with Gasteiger partial charge in [-0.3, -0.25) is 4.79 Å². The largest absolute Gasteiger partial charge is 0.361 e. The Bertz CT molecular complexity index is 1000. The molecule has 1 atom stereocenters. The molecular formula is C21H16ClNOS. The number of carbonyl (C=O) groups is 1. The summed E-state index contributed by atoms with van der Waals surface area (Å²) in [6, 6.07) is 17.4. The molecule has 0 aliphatic carbocycles. The van der Waals surface area contributed by atoms with Gasteiger partial charge in [0.1, 0.15) is 0 Å². The van der Waals surface area contributed by atoms with Gasteiger partial charge in [0, 0.05) is 40.0 Å². The van der Waals surface area contributed by atoms with Crippen molar-refractivity contribution in [3.63, 3.8) is 0 Å². The Kier molecular flexibility index (Phi) is 4.43. The summed E-state index contributed by atoms with van der Waals surface area (Å²) < 4.78 is 0. The summed E-state index contributed by atoms with van der Waals surface area (Å²) in [5, 5.41) is 6.00. The van der Waals surface area contributed by atoms with E-state index >= 15 is 0 Å². The van der Waals surface area contributed by atoms with Crippen LogP contribution in [-0.2, 0) is 0 Å². The van der Waals surface area contributed by atoms with Gasteiger partial charge >= 0.3 is 0 Å². The third kappa shape index (κ3) is 3.26. The lowest BCUT2D eigenvalue weighted by molar-refractivity contribution is 0.0978. The number of rotatable bonds is 5. The molecule has 0 saturated heterocycles. The molecule has 0 aliphatic heterocycles. The molecule has 2 aromatic carbocycles. The molecule has 2 aromatic heterocycles. The van der Waals surface area contributed by atoms with E-state index < -0.39 is 0 Å². The van der Waals surface area contributed by atoms with Gasteiger partial charge in [-0.25, -0.2) is 0 Å².